The van der Waals surface area contributed by atoms with Gasteiger partial charge >= 0.3 is 0 Å². The molecule has 2 N–H and O–H groups in total. The summed E-state index contributed by atoms with van der Waals surface area (Å²) in [4.78, 5) is 1.31. The molecule has 0 amide bonds. The van der Waals surface area contributed by atoms with E-state index in [2.05, 4.69) is 20.4 Å². The highest BCUT2D eigenvalue weighted by Crippen LogP contribution is 2.18. The molecule has 72 valence electrons. The van der Waals surface area contributed by atoms with Gasteiger partial charge in [-0.1, -0.05) is 0 Å². The molecule has 0 spiro atoms. The third-order valence-electron chi connectivity index (χ3n) is 1.59. The quantitative estimate of drug-likeness (QED) is 0.699. The number of hydrogen-bond donors (Lipinski definition) is 1. The molecule has 0 atom stereocenters. The van der Waals surface area contributed by atoms with E-state index in [-0.39, 0.29) is 5.82 Å². The average Bonchev–Trinajstić information content (AvgIpc) is 2.70. The maximum absolute atomic E-state index is 5.45. The third-order valence-corrected chi connectivity index (χ3v) is 1.59. The molecule has 0 saturated carbocycles. The van der Waals surface area contributed by atoms with Crippen LogP contribution in [0.5, 0.6) is 5.75 Å². The topological polar surface area (TPSA) is 91.7 Å². The molecule has 0 bridgehead atoms. The van der Waals surface area contributed by atoms with Gasteiger partial charge in [-0.2, -0.15) is 10.2 Å². The van der Waals surface area contributed by atoms with Crippen LogP contribution in [0.3, 0.4) is 0 Å². The van der Waals surface area contributed by atoms with E-state index in [1.807, 2.05) is 0 Å². The average molecular weight is 192 g/mol. The fraction of sp³-hybridized carbons (Fsp3) is 0.143. The lowest BCUT2D eigenvalue weighted by atomic mass is 10.4. The molecular weight excluding hydrogens is 184 g/mol. The number of hydrogen-bond acceptors (Lipinski definition) is 6. The zero-order valence-electron chi connectivity index (χ0n) is 7.45. The van der Waals surface area contributed by atoms with Crippen LogP contribution in [0.1, 0.15) is 0 Å². The first-order chi connectivity index (χ1) is 6.81. The van der Waals surface area contributed by atoms with Gasteiger partial charge in [0.05, 0.1) is 19.5 Å². The van der Waals surface area contributed by atoms with Crippen molar-refractivity contribution in [1.29, 1.82) is 0 Å². The van der Waals surface area contributed by atoms with Gasteiger partial charge in [0, 0.05) is 6.07 Å². The van der Waals surface area contributed by atoms with Crippen LogP contribution in [0.15, 0.2) is 18.5 Å². The molecule has 0 aromatic carbocycles. The molecule has 0 fully saturated rings. The van der Waals surface area contributed by atoms with Crippen LogP contribution in [-0.2, 0) is 0 Å². The summed E-state index contributed by atoms with van der Waals surface area (Å²) in [6.45, 7) is 0. The Morgan fingerprint density at radius 1 is 1.29 bits per heavy atom. The van der Waals surface area contributed by atoms with E-state index >= 15 is 0 Å². The highest BCUT2D eigenvalue weighted by molar-refractivity contribution is 5.44. The fourth-order valence-corrected chi connectivity index (χ4v) is 0.996. The van der Waals surface area contributed by atoms with Crippen molar-refractivity contribution >= 4 is 5.82 Å². The number of nitrogen functional groups attached to an aromatic ring is 1. The summed E-state index contributed by atoms with van der Waals surface area (Å²) in [7, 11) is 1.52. The van der Waals surface area contributed by atoms with Crippen LogP contribution in [0, 0.1) is 0 Å². The standard InChI is InChI=1S/C7H8N6O/c1-14-5-4-6(8)11-12-7(5)13-9-2-3-10-13/h2-4H,1H3,(H2,8,11). The van der Waals surface area contributed by atoms with Crippen molar-refractivity contribution in [1.82, 2.24) is 25.2 Å². The Hall–Kier alpha value is -2.18. The first kappa shape index (κ1) is 8.42. The first-order valence-corrected chi connectivity index (χ1v) is 3.85. The first-order valence-electron chi connectivity index (χ1n) is 3.85. The number of aromatic nitrogens is 5. The Morgan fingerprint density at radius 3 is 2.64 bits per heavy atom. The van der Waals surface area contributed by atoms with E-state index in [4.69, 9.17) is 10.5 Å². The molecule has 2 heterocycles. The normalized spacial score (nSPS) is 10.1. The van der Waals surface area contributed by atoms with Gasteiger partial charge in [0.25, 0.3) is 0 Å². The number of nitrogens with zero attached hydrogens (tertiary/aromatic N) is 5. The lowest BCUT2D eigenvalue weighted by molar-refractivity contribution is 0.406. The largest absolute Gasteiger partial charge is 0.493 e. The zero-order valence-corrected chi connectivity index (χ0v) is 7.45. The summed E-state index contributed by atoms with van der Waals surface area (Å²) >= 11 is 0. The van der Waals surface area contributed by atoms with Gasteiger partial charge in [-0.05, 0) is 0 Å². The van der Waals surface area contributed by atoms with Gasteiger partial charge in [0.2, 0.25) is 5.82 Å². The van der Waals surface area contributed by atoms with Gasteiger partial charge in [-0.25, -0.2) is 0 Å². The number of nitrogens with two attached hydrogens (primary N) is 1. The van der Waals surface area contributed by atoms with Crippen LogP contribution < -0.4 is 10.5 Å². The molecule has 0 aliphatic heterocycles. The van der Waals surface area contributed by atoms with Crippen molar-refractivity contribution in [2.45, 2.75) is 0 Å². The Bertz CT molecular complexity index is 426. The second-order valence-corrected chi connectivity index (χ2v) is 2.48. The predicted molar refractivity (Wildman–Crippen MR) is 47.9 cm³/mol. The molecule has 0 aliphatic rings. The van der Waals surface area contributed by atoms with E-state index in [0.717, 1.165) is 0 Å². The molecule has 7 nitrogen and oxygen atoms in total. The zero-order chi connectivity index (χ0) is 9.97. The smallest absolute Gasteiger partial charge is 0.238 e. The van der Waals surface area contributed by atoms with Crippen LogP contribution in [-0.4, -0.2) is 32.3 Å². The SMILES string of the molecule is COc1cc(N)nnc1-n1nccn1. The highest BCUT2D eigenvalue weighted by atomic mass is 16.5. The van der Waals surface area contributed by atoms with Gasteiger partial charge in [0.15, 0.2) is 5.75 Å². The Balaban J connectivity index is 2.53. The lowest BCUT2D eigenvalue weighted by Gasteiger charge is -2.04. The van der Waals surface area contributed by atoms with E-state index in [0.29, 0.717) is 11.6 Å². The minimum atomic E-state index is 0.290. The van der Waals surface area contributed by atoms with Crippen molar-refractivity contribution in [3.8, 4) is 11.6 Å². The molecule has 14 heavy (non-hydrogen) atoms. The van der Waals surface area contributed by atoms with Crippen molar-refractivity contribution in [3.05, 3.63) is 18.5 Å². The summed E-state index contributed by atoms with van der Waals surface area (Å²) in [5, 5.41) is 15.3. The molecule has 0 radical (unpaired) electrons. The third kappa shape index (κ3) is 1.35. The minimum Gasteiger partial charge on any atom is -0.493 e. The summed E-state index contributed by atoms with van der Waals surface area (Å²) in [5.74, 6) is 1.18. The van der Waals surface area contributed by atoms with Crippen LogP contribution in [0.25, 0.3) is 5.82 Å². The van der Waals surface area contributed by atoms with Crippen molar-refractivity contribution in [2.24, 2.45) is 0 Å². The predicted octanol–water partition coefficient (Wildman–Crippen LogP) is -0.352. The molecule has 7 heteroatoms. The maximum Gasteiger partial charge on any atom is 0.238 e. The lowest BCUT2D eigenvalue weighted by Crippen LogP contribution is -2.07. The summed E-state index contributed by atoms with van der Waals surface area (Å²) in [5.41, 5.74) is 5.45. The van der Waals surface area contributed by atoms with Gasteiger partial charge in [-0.3, -0.25) is 0 Å². The Labute approximate surface area is 79.5 Å². The number of ether oxygens (including phenoxy) is 1. The molecule has 0 aliphatic carbocycles. The molecule has 2 aromatic heterocycles. The second kappa shape index (κ2) is 3.29. The Kier molecular flexibility index (Phi) is 1.98. The molecule has 0 unspecified atom stereocenters. The molecule has 2 rings (SSSR count). The number of anilines is 1. The Morgan fingerprint density at radius 2 is 2.00 bits per heavy atom. The van der Waals surface area contributed by atoms with E-state index < -0.39 is 0 Å². The molecular formula is C7H8N6O. The van der Waals surface area contributed by atoms with Crippen LogP contribution in [0.2, 0.25) is 0 Å². The fourth-order valence-electron chi connectivity index (χ4n) is 0.996. The minimum absolute atomic E-state index is 0.290. The summed E-state index contributed by atoms with van der Waals surface area (Å²) in [6.07, 6.45) is 3.08. The van der Waals surface area contributed by atoms with Crippen molar-refractivity contribution in [2.75, 3.05) is 12.8 Å². The van der Waals surface area contributed by atoms with Gasteiger partial charge < -0.3 is 10.5 Å². The monoisotopic (exact) mass is 192 g/mol. The van der Waals surface area contributed by atoms with E-state index in [9.17, 15) is 0 Å². The molecule has 2 aromatic rings. The van der Waals surface area contributed by atoms with Crippen molar-refractivity contribution in [3.63, 3.8) is 0 Å². The number of rotatable bonds is 2. The highest BCUT2D eigenvalue weighted by Gasteiger charge is 2.09. The summed E-state index contributed by atoms with van der Waals surface area (Å²) in [6, 6.07) is 1.56. The summed E-state index contributed by atoms with van der Waals surface area (Å²) < 4.78 is 5.07. The number of methoxy groups -OCH3 is 1. The van der Waals surface area contributed by atoms with Crippen LogP contribution >= 0.6 is 0 Å². The van der Waals surface area contributed by atoms with Crippen molar-refractivity contribution < 1.29 is 4.74 Å². The van der Waals surface area contributed by atoms with Crippen LogP contribution in [0.4, 0.5) is 5.82 Å². The maximum atomic E-state index is 5.45. The molecule has 0 saturated heterocycles. The van der Waals surface area contributed by atoms with Gasteiger partial charge in [0.1, 0.15) is 5.82 Å². The van der Waals surface area contributed by atoms with E-state index in [1.54, 1.807) is 6.07 Å². The van der Waals surface area contributed by atoms with E-state index in [1.165, 1.54) is 24.3 Å². The van der Waals surface area contributed by atoms with Gasteiger partial charge in [-0.15, -0.1) is 15.0 Å². The second-order valence-electron chi connectivity index (χ2n) is 2.48.